The Bertz CT molecular complexity index is 2610. The third-order valence-electron chi connectivity index (χ3n) is 10.1. The highest BCUT2D eigenvalue weighted by atomic mass is 19.2. The molecule has 0 saturated carbocycles. The zero-order valence-electron chi connectivity index (χ0n) is 29.4. The van der Waals surface area contributed by atoms with Crippen molar-refractivity contribution in [3.8, 4) is 28.6 Å². The average molecular weight is 676 g/mol. The van der Waals surface area contributed by atoms with E-state index in [2.05, 4.69) is 96.1 Å². The molecule has 8 aromatic rings. The van der Waals surface area contributed by atoms with Crippen LogP contribution in [0.25, 0.3) is 66.1 Å². The summed E-state index contributed by atoms with van der Waals surface area (Å²) in [6.07, 6.45) is 0. The van der Waals surface area contributed by atoms with E-state index in [-0.39, 0.29) is 16.4 Å². The van der Waals surface area contributed by atoms with Gasteiger partial charge in [0.05, 0.1) is 33.4 Å². The fourth-order valence-electron chi connectivity index (χ4n) is 7.38. The smallest absolute Gasteiger partial charge is 0.195 e. The van der Waals surface area contributed by atoms with E-state index in [1.165, 1.54) is 6.07 Å². The molecule has 6 aromatic carbocycles. The first kappa shape index (κ1) is 32.4. The Balaban J connectivity index is 1.55. The molecule has 2 heterocycles. The van der Waals surface area contributed by atoms with Gasteiger partial charge >= 0.3 is 0 Å². The molecule has 0 spiro atoms. The summed E-state index contributed by atoms with van der Waals surface area (Å²) in [5.41, 5.74) is 7.14. The second kappa shape index (κ2) is 11.4. The first-order valence-corrected chi connectivity index (χ1v) is 17.1. The summed E-state index contributed by atoms with van der Waals surface area (Å²) in [6.45, 7) is 13.0. The molecule has 0 bridgehead atoms. The first-order chi connectivity index (χ1) is 24.3. The van der Waals surface area contributed by atoms with Gasteiger partial charge in [-0.1, -0.05) is 90.1 Å². The van der Waals surface area contributed by atoms with Crippen LogP contribution in [0.3, 0.4) is 0 Å². The fraction of sp³-hybridized carbons (Fsp3) is 0.178. The number of benzene rings is 6. The molecule has 0 fully saturated rings. The van der Waals surface area contributed by atoms with Crippen molar-refractivity contribution in [2.24, 2.45) is 0 Å². The van der Waals surface area contributed by atoms with Crippen LogP contribution in [0.1, 0.15) is 58.2 Å². The van der Waals surface area contributed by atoms with Gasteiger partial charge in [-0.05, 0) is 88.2 Å². The summed E-state index contributed by atoms with van der Waals surface area (Å²) in [5.74, 6) is -4.09. The van der Waals surface area contributed by atoms with E-state index in [0.29, 0.717) is 22.5 Å². The monoisotopic (exact) mass is 675 g/mol. The van der Waals surface area contributed by atoms with Crippen molar-refractivity contribution in [2.45, 2.75) is 52.4 Å². The number of aromatic nitrogens is 2. The highest BCUT2D eigenvalue weighted by Crippen LogP contribution is 2.42. The van der Waals surface area contributed by atoms with Gasteiger partial charge in [-0.3, -0.25) is 0 Å². The number of nitrogens with zero attached hydrogens (tertiary/aromatic N) is 3. The molecular weight excluding hydrogens is 640 g/mol. The molecule has 0 N–H and O–H groups in total. The molecule has 0 radical (unpaired) electrons. The molecule has 0 amide bonds. The van der Waals surface area contributed by atoms with Gasteiger partial charge in [-0.2, -0.15) is 5.26 Å². The van der Waals surface area contributed by atoms with Crippen LogP contribution in [0.4, 0.5) is 13.2 Å². The molecule has 0 aliphatic carbocycles. The molecule has 51 heavy (non-hydrogen) atoms. The lowest BCUT2D eigenvalue weighted by Gasteiger charge is -2.21. The van der Waals surface area contributed by atoms with Gasteiger partial charge in [-0.15, -0.1) is 0 Å². The van der Waals surface area contributed by atoms with E-state index in [1.807, 2.05) is 45.5 Å². The molecule has 6 heteroatoms. The van der Waals surface area contributed by atoms with Gasteiger partial charge in [0.25, 0.3) is 0 Å². The normalized spacial score (nSPS) is 12.4. The number of nitriles is 1. The quantitative estimate of drug-likeness (QED) is 0.172. The van der Waals surface area contributed by atoms with Crippen LogP contribution in [-0.4, -0.2) is 9.13 Å². The lowest BCUT2D eigenvalue weighted by atomic mass is 9.86. The van der Waals surface area contributed by atoms with Crippen molar-refractivity contribution in [1.29, 1.82) is 5.26 Å². The Labute approximate surface area is 294 Å². The number of para-hydroxylation sites is 2. The Morgan fingerprint density at radius 3 is 1.41 bits per heavy atom. The number of rotatable bonds is 3. The average Bonchev–Trinajstić information content (AvgIpc) is 3.61. The maximum atomic E-state index is 15.7. The Morgan fingerprint density at radius 1 is 0.510 bits per heavy atom. The van der Waals surface area contributed by atoms with Gasteiger partial charge in [0, 0.05) is 27.1 Å². The van der Waals surface area contributed by atoms with E-state index in [1.54, 1.807) is 12.1 Å². The fourth-order valence-corrected chi connectivity index (χ4v) is 7.38. The molecule has 0 aliphatic heterocycles. The number of hydrogen-bond acceptors (Lipinski definition) is 1. The largest absolute Gasteiger partial charge is 0.308 e. The first-order valence-electron chi connectivity index (χ1n) is 17.1. The summed E-state index contributed by atoms with van der Waals surface area (Å²) in [5, 5.41) is 15.1. The van der Waals surface area contributed by atoms with Crippen LogP contribution in [-0.2, 0) is 10.8 Å². The van der Waals surface area contributed by atoms with Crippen LogP contribution in [0, 0.1) is 28.8 Å². The SMILES string of the molecule is CC(C)(C)c1ccc2c(c1)c1ccccc1n2-c1cc(-c2ccc(F)c(F)c2F)cc(-n2c3ccccc3c3cc(C(C)(C)C)ccc32)c1C#N. The second-order valence-corrected chi connectivity index (χ2v) is 15.4. The summed E-state index contributed by atoms with van der Waals surface area (Å²) < 4.78 is 48.9. The summed E-state index contributed by atoms with van der Waals surface area (Å²) in [7, 11) is 0. The van der Waals surface area contributed by atoms with E-state index < -0.39 is 17.5 Å². The van der Waals surface area contributed by atoms with Gasteiger partial charge in [-0.25, -0.2) is 13.2 Å². The molecule has 0 atom stereocenters. The molecule has 0 aliphatic rings. The van der Waals surface area contributed by atoms with Crippen molar-refractivity contribution in [3.63, 3.8) is 0 Å². The topological polar surface area (TPSA) is 33.6 Å². The lowest BCUT2D eigenvalue weighted by Crippen LogP contribution is -2.11. The van der Waals surface area contributed by atoms with Crippen LogP contribution < -0.4 is 0 Å². The predicted molar refractivity (Wildman–Crippen MR) is 203 cm³/mol. The zero-order chi connectivity index (χ0) is 36.0. The zero-order valence-corrected chi connectivity index (χ0v) is 29.4. The third kappa shape index (κ3) is 5.02. The number of fused-ring (bicyclic) bond motifs is 6. The molecule has 2 aromatic heterocycles. The molecular formula is C45H36F3N3. The summed E-state index contributed by atoms with van der Waals surface area (Å²) in [6, 6.07) is 36.9. The molecule has 3 nitrogen and oxygen atoms in total. The van der Waals surface area contributed by atoms with Crippen LogP contribution in [0.15, 0.2) is 109 Å². The van der Waals surface area contributed by atoms with Crippen molar-refractivity contribution in [2.75, 3.05) is 0 Å². The highest BCUT2D eigenvalue weighted by Gasteiger charge is 2.26. The van der Waals surface area contributed by atoms with Gasteiger partial charge in [0.15, 0.2) is 17.5 Å². The van der Waals surface area contributed by atoms with Crippen LogP contribution in [0.5, 0.6) is 0 Å². The van der Waals surface area contributed by atoms with E-state index in [4.69, 9.17) is 0 Å². The van der Waals surface area contributed by atoms with Crippen LogP contribution >= 0.6 is 0 Å². The summed E-state index contributed by atoms with van der Waals surface area (Å²) in [4.78, 5) is 0. The number of hydrogen-bond donors (Lipinski definition) is 0. The van der Waals surface area contributed by atoms with Gasteiger partial charge in [0.2, 0.25) is 0 Å². The van der Waals surface area contributed by atoms with Crippen molar-refractivity contribution >= 4 is 43.6 Å². The number of halogens is 3. The Morgan fingerprint density at radius 2 is 0.961 bits per heavy atom. The maximum absolute atomic E-state index is 15.7. The minimum absolute atomic E-state index is 0.101. The minimum atomic E-state index is -1.54. The second-order valence-electron chi connectivity index (χ2n) is 15.4. The third-order valence-corrected chi connectivity index (χ3v) is 10.1. The van der Waals surface area contributed by atoms with E-state index in [0.717, 1.165) is 60.8 Å². The minimum Gasteiger partial charge on any atom is -0.308 e. The van der Waals surface area contributed by atoms with E-state index >= 15 is 4.39 Å². The molecule has 0 unspecified atom stereocenters. The lowest BCUT2D eigenvalue weighted by molar-refractivity contribution is 0.449. The molecule has 252 valence electrons. The van der Waals surface area contributed by atoms with Gasteiger partial charge < -0.3 is 9.13 Å². The van der Waals surface area contributed by atoms with Crippen LogP contribution in [0.2, 0.25) is 0 Å². The predicted octanol–water partition coefficient (Wildman–Crippen LogP) is 12.4. The van der Waals surface area contributed by atoms with Crippen molar-refractivity contribution in [1.82, 2.24) is 9.13 Å². The maximum Gasteiger partial charge on any atom is 0.195 e. The summed E-state index contributed by atoms with van der Waals surface area (Å²) >= 11 is 0. The standard InChI is InChI=1S/C45H36F3N3/c1-44(2,3)27-15-19-38-32(23-27)30-11-7-9-13-36(30)50(38)40-21-26(29-17-18-35(46)43(48)42(29)47)22-41(34(40)25-49)51-37-14-10-8-12-31(37)33-24-28(45(4,5)6)16-20-39(33)51/h7-24H,1-6H3. The Hall–Kier alpha value is -5.80. The van der Waals surface area contributed by atoms with E-state index in [9.17, 15) is 14.0 Å². The van der Waals surface area contributed by atoms with Gasteiger partial charge in [0.1, 0.15) is 11.6 Å². The molecule has 8 rings (SSSR count). The van der Waals surface area contributed by atoms with Crippen molar-refractivity contribution < 1.29 is 13.2 Å². The highest BCUT2D eigenvalue weighted by molar-refractivity contribution is 6.11. The Kier molecular flexibility index (Phi) is 7.22. The van der Waals surface area contributed by atoms with Crippen molar-refractivity contribution in [3.05, 3.63) is 143 Å². The molecule has 0 saturated heterocycles.